The Morgan fingerprint density at radius 3 is 0.971 bits per heavy atom. The Balaban J connectivity index is 1.32. The largest absolute Gasteiger partial charge is 0.394 e. The molecule has 3 saturated heterocycles. The molecule has 1 amide bonds. The summed E-state index contributed by atoms with van der Waals surface area (Å²) in [5, 5.41) is 121. The molecular weight excluding hydrogens is 1310 g/mol. The van der Waals surface area contributed by atoms with Crippen molar-refractivity contribution < 1.29 is 89.4 Å². The molecule has 0 aromatic heterocycles. The van der Waals surface area contributed by atoms with Crippen LogP contribution in [0, 0.1) is 0 Å². The van der Waals surface area contributed by atoms with Gasteiger partial charge in [0, 0.05) is 6.42 Å². The topological polar surface area (TPSA) is 307 Å². The molecule has 0 aliphatic carbocycles. The number of ether oxygens (including phenoxy) is 6. The molecule has 19 nitrogen and oxygen atoms in total. The summed E-state index contributed by atoms with van der Waals surface area (Å²) in [5.41, 5.74) is 0. The van der Waals surface area contributed by atoms with E-state index in [9.17, 15) is 61.0 Å². The van der Waals surface area contributed by atoms with E-state index in [-0.39, 0.29) is 18.9 Å². The Labute approximate surface area is 626 Å². The molecule has 3 fully saturated rings. The highest BCUT2D eigenvalue weighted by molar-refractivity contribution is 5.76. The van der Waals surface area contributed by atoms with E-state index in [1.165, 1.54) is 302 Å². The van der Waals surface area contributed by atoms with Gasteiger partial charge in [-0.1, -0.05) is 359 Å². The lowest BCUT2D eigenvalue weighted by atomic mass is 9.96. The standard InChI is InChI=1S/C84H159NO18/c1-3-5-7-9-11-13-15-17-19-21-23-25-26-27-28-29-30-31-32-33-34-35-36-37-38-39-40-42-44-46-48-50-52-54-56-58-60-62-72(90)85-67(68(89)61-59-57-55-53-51-49-47-45-43-41-24-22-20-18-16-14-12-10-8-6-4-2)66-98-82-78(96)75(93)80(70(64-87)100-82)103-84-79(97)76(94)81(71(65-88)101-84)102-83-77(95)74(92)73(91)69(63-86)99-83/h51,53,59,61,67-71,73-84,86-89,91-97H,3-50,52,54-58,60,62-66H2,1-2H3,(H,85,90)/b53-51+,61-59+. The highest BCUT2D eigenvalue weighted by Gasteiger charge is 2.54. The molecular formula is C84H159NO18. The van der Waals surface area contributed by atoms with Crippen molar-refractivity contribution in [2.24, 2.45) is 0 Å². The second-order valence-electron chi connectivity index (χ2n) is 31.0. The number of aliphatic hydroxyl groups excluding tert-OH is 11. The molecule has 103 heavy (non-hydrogen) atoms. The first kappa shape index (κ1) is 95.5. The van der Waals surface area contributed by atoms with Gasteiger partial charge in [0.15, 0.2) is 18.9 Å². The zero-order chi connectivity index (χ0) is 74.6. The number of rotatable bonds is 70. The van der Waals surface area contributed by atoms with Crippen LogP contribution in [0.1, 0.15) is 373 Å². The number of carbonyl (C=O) groups excluding carboxylic acids is 1. The lowest BCUT2D eigenvalue weighted by Gasteiger charge is -2.48. The van der Waals surface area contributed by atoms with Crippen molar-refractivity contribution in [3.63, 3.8) is 0 Å². The van der Waals surface area contributed by atoms with Gasteiger partial charge in [0.25, 0.3) is 0 Å². The Hall–Kier alpha value is -1.73. The zero-order valence-electron chi connectivity index (χ0n) is 65.3. The molecule has 0 aromatic carbocycles. The predicted molar refractivity (Wildman–Crippen MR) is 411 cm³/mol. The van der Waals surface area contributed by atoms with E-state index in [1.54, 1.807) is 6.08 Å². The molecule has 0 aromatic rings. The quantitative estimate of drug-likeness (QED) is 0.0199. The molecule has 0 bridgehead atoms. The first-order valence-electron chi connectivity index (χ1n) is 43.1. The van der Waals surface area contributed by atoms with Crippen LogP contribution in [-0.4, -0.2) is 193 Å². The first-order valence-corrected chi connectivity index (χ1v) is 43.1. The van der Waals surface area contributed by atoms with Gasteiger partial charge in [0.2, 0.25) is 5.91 Å². The van der Waals surface area contributed by atoms with Gasteiger partial charge in [-0.15, -0.1) is 0 Å². The molecule has 17 unspecified atom stereocenters. The Kier molecular flexibility index (Phi) is 60.3. The van der Waals surface area contributed by atoms with Gasteiger partial charge in [-0.2, -0.15) is 0 Å². The summed E-state index contributed by atoms with van der Waals surface area (Å²) in [4.78, 5) is 13.5. The SMILES string of the molecule is CCCCCCCCCCCCCCCCC/C=C/CC/C=C/C(O)C(COC1OC(CO)C(OC2OC(CO)C(OC3OC(CO)C(O)C(O)C3O)C(O)C2O)C(O)C1O)NC(=O)CCCCCCCCCCCCCCCCCCCCCCCCCCCCCCCCCCCCCCC. The minimum atomic E-state index is -1.98. The third-order valence-corrected chi connectivity index (χ3v) is 21.8. The lowest BCUT2D eigenvalue weighted by molar-refractivity contribution is -0.379. The number of hydrogen-bond acceptors (Lipinski definition) is 18. The molecule has 3 heterocycles. The normalized spacial score (nSPS) is 26.1. The number of aliphatic hydroxyl groups is 11. The summed E-state index contributed by atoms with van der Waals surface area (Å²) < 4.78 is 34.5. The van der Waals surface area contributed by atoms with Crippen LogP contribution in [0.25, 0.3) is 0 Å². The number of nitrogens with one attached hydrogen (secondary N) is 1. The second kappa shape index (κ2) is 65.0. The molecule has 3 aliphatic rings. The van der Waals surface area contributed by atoms with Gasteiger partial charge >= 0.3 is 0 Å². The smallest absolute Gasteiger partial charge is 0.220 e. The van der Waals surface area contributed by atoms with Crippen LogP contribution in [-0.2, 0) is 33.2 Å². The van der Waals surface area contributed by atoms with Gasteiger partial charge in [-0.05, 0) is 32.1 Å². The molecule has 3 aliphatic heterocycles. The first-order chi connectivity index (χ1) is 50.3. The molecule has 3 rings (SSSR count). The average molecular weight is 1470 g/mol. The van der Waals surface area contributed by atoms with E-state index < -0.39 is 124 Å². The Bertz CT molecular complexity index is 1950. The van der Waals surface area contributed by atoms with E-state index >= 15 is 0 Å². The summed E-state index contributed by atoms with van der Waals surface area (Å²) in [6.45, 7) is 1.78. The van der Waals surface area contributed by atoms with Gasteiger partial charge in [0.05, 0.1) is 38.6 Å². The average Bonchev–Trinajstić information content (AvgIpc) is 0.781. The van der Waals surface area contributed by atoms with Gasteiger partial charge in [-0.25, -0.2) is 0 Å². The van der Waals surface area contributed by atoms with Crippen molar-refractivity contribution in [2.45, 2.75) is 478 Å². The second-order valence-corrected chi connectivity index (χ2v) is 31.0. The van der Waals surface area contributed by atoms with Gasteiger partial charge < -0.3 is 89.9 Å². The number of carbonyl (C=O) groups is 1. The van der Waals surface area contributed by atoms with Gasteiger partial charge in [0.1, 0.15) is 73.2 Å². The van der Waals surface area contributed by atoms with Crippen LogP contribution >= 0.6 is 0 Å². The van der Waals surface area contributed by atoms with Gasteiger partial charge in [-0.3, -0.25) is 4.79 Å². The number of amides is 1. The van der Waals surface area contributed by atoms with Crippen molar-refractivity contribution in [1.29, 1.82) is 0 Å². The van der Waals surface area contributed by atoms with Crippen molar-refractivity contribution in [3.05, 3.63) is 24.3 Å². The summed E-state index contributed by atoms with van der Waals surface area (Å²) >= 11 is 0. The molecule has 0 saturated carbocycles. The van der Waals surface area contributed by atoms with Crippen LogP contribution in [0.15, 0.2) is 24.3 Å². The molecule has 17 atom stereocenters. The maximum Gasteiger partial charge on any atom is 0.220 e. The third-order valence-electron chi connectivity index (χ3n) is 21.8. The Morgan fingerprint density at radius 1 is 0.340 bits per heavy atom. The summed E-state index contributed by atoms with van der Waals surface area (Å²) in [6, 6.07) is -0.988. The molecule has 0 radical (unpaired) electrons. The molecule has 608 valence electrons. The van der Waals surface area contributed by atoms with Crippen LogP contribution in [0.5, 0.6) is 0 Å². The monoisotopic (exact) mass is 1470 g/mol. The van der Waals surface area contributed by atoms with Crippen molar-refractivity contribution >= 4 is 5.91 Å². The molecule has 19 heteroatoms. The van der Waals surface area contributed by atoms with E-state index in [2.05, 4.69) is 31.3 Å². The van der Waals surface area contributed by atoms with Crippen LogP contribution in [0.3, 0.4) is 0 Å². The van der Waals surface area contributed by atoms with E-state index in [4.69, 9.17) is 28.4 Å². The fourth-order valence-corrected chi connectivity index (χ4v) is 14.9. The highest BCUT2D eigenvalue weighted by Crippen LogP contribution is 2.33. The van der Waals surface area contributed by atoms with E-state index in [1.807, 2.05) is 6.08 Å². The minimum Gasteiger partial charge on any atom is -0.394 e. The summed E-state index contributed by atoms with van der Waals surface area (Å²) in [6.07, 6.45) is 53.5. The third kappa shape index (κ3) is 44.6. The predicted octanol–water partition coefficient (Wildman–Crippen LogP) is 15.3. The van der Waals surface area contributed by atoms with Crippen LogP contribution in [0.4, 0.5) is 0 Å². The van der Waals surface area contributed by atoms with E-state index in [0.29, 0.717) is 12.8 Å². The van der Waals surface area contributed by atoms with Crippen molar-refractivity contribution in [1.82, 2.24) is 5.32 Å². The minimum absolute atomic E-state index is 0.241. The summed E-state index contributed by atoms with van der Waals surface area (Å²) in [7, 11) is 0. The fraction of sp³-hybridized carbons (Fsp3) is 0.940. The fourth-order valence-electron chi connectivity index (χ4n) is 14.9. The zero-order valence-corrected chi connectivity index (χ0v) is 65.3. The maximum absolute atomic E-state index is 13.5. The molecule has 12 N–H and O–H groups in total. The van der Waals surface area contributed by atoms with E-state index in [0.717, 1.165) is 38.5 Å². The number of unbranched alkanes of at least 4 members (excludes halogenated alkanes) is 52. The lowest BCUT2D eigenvalue weighted by Crippen LogP contribution is -2.66. The summed E-state index contributed by atoms with van der Waals surface area (Å²) in [5.74, 6) is -0.277. The number of allylic oxidation sites excluding steroid dienone is 3. The number of hydrogen-bond donors (Lipinski definition) is 12. The maximum atomic E-state index is 13.5. The molecule has 0 spiro atoms. The van der Waals surface area contributed by atoms with Crippen molar-refractivity contribution in [3.8, 4) is 0 Å². The Morgan fingerprint density at radius 2 is 0.621 bits per heavy atom. The van der Waals surface area contributed by atoms with Crippen LogP contribution in [0.2, 0.25) is 0 Å². The van der Waals surface area contributed by atoms with Crippen LogP contribution < -0.4 is 5.32 Å². The van der Waals surface area contributed by atoms with Crippen molar-refractivity contribution in [2.75, 3.05) is 26.4 Å². The highest BCUT2D eigenvalue weighted by atomic mass is 16.8.